The number of benzene rings is 1. The maximum atomic E-state index is 2.46. The lowest BCUT2D eigenvalue weighted by Gasteiger charge is -2.04. The largest absolute Gasteiger partial charge is 0.0654 e. The van der Waals surface area contributed by atoms with Gasteiger partial charge in [0.2, 0.25) is 0 Å². The van der Waals surface area contributed by atoms with Gasteiger partial charge < -0.3 is 0 Å². The van der Waals surface area contributed by atoms with E-state index in [-0.39, 0.29) is 0 Å². The molecule has 161 valence electrons. The van der Waals surface area contributed by atoms with Crippen LogP contribution in [0.2, 0.25) is 0 Å². The molecule has 0 unspecified atom stereocenters. The molecule has 0 nitrogen and oxygen atoms in total. The van der Waals surface area contributed by atoms with Gasteiger partial charge >= 0.3 is 0 Å². The molecule has 1 aromatic rings. The van der Waals surface area contributed by atoms with Gasteiger partial charge in [-0.3, -0.25) is 0 Å². The Hall–Kier alpha value is -0.780. The molecule has 0 atom stereocenters. The highest BCUT2D eigenvalue weighted by Crippen LogP contribution is 2.15. The molecule has 1 radical (unpaired) electrons. The summed E-state index contributed by atoms with van der Waals surface area (Å²) in [5.41, 5.74) is 1.45. The fraction of sp³-hybridized carbons (Fsp3) is 0.750. The summed E-state index contributed by atoms with van der Waals surface area (Å²) in [5.74, 6) is 0. The molecule has 0 saturated carbocycles. The molecular weight excluding hydrogens is 336 g/mol. The molecule has 0 amide bonds. The first-order valence-electron chi connectivity index (χ1n) is 12.8. The van der Waals surface area contributed by atoms with Crippen LogP contribution in [0.25, 0.3) is 0 Å². The first-order chi connectivity index (χ1) is 13.9. The molecule has 0 aliphatic heterocycles. The standard InChI is InChI=1S/C28H49/c1-2-3-4-5-6-7-8-9-10-11-12-13-14-15-16-17-18-19-20-22-25-28-26-23-21-24-27-28/h21-24,26-27H,2-20,25H2,1H3. The van der Waals surface area contributed by atoms with E-state index in [0.717, 1.165) is 6.42 Å². The zero-order valence-corrected chi connectivity index (χ0v) is 19.1. The Kier molecular flexibility index (Phi) is 18.9. The van der Waals surface area contributed by atoms with Gasteiger partial charge in [0.25, 0.3) is 0 Å². The molecule has 0 aliphatic rings. The van der Waals surface area contributed by atoms with Crippen LogP contribution in [-0.4, -0.2) is 0 Å². The molecule has 1 rings (SSSR count). The van der Waals surface area contributed by atoms with Crippen LogP contribution in [0, 0.1) is 6.42 Å². The Morgan fingerprint density at radius 2 is 0.893 bits per heavy atom. The molecule has 0 fully saturated rings. The Morgan fingerprint density at radius 3 is 1.32 bits per heavy atom. The molecular formula is C28H49. The van der Waals surface area contributed by atoms with E-state index < -0.39 is 0 Å². The van der Waals surface area contributed by atoms with Crippen molar-refractivity contribution in [3.8, 4) is 0 Å². The second kappa shape index (κ2) is 20.9. The fourth-order valence-electron chi connectivity index (χ4n) is 4.07. The molecule has 0 aromatic heterocycles. The highest BCUT2D eigenvalue weighted by molar-refractivity contribution is 5.16. The maximum Gasteiger partial charge on any atom is -0.0248 e. The minimum Gasteiger partial charge on any atom is -0.0654 e. The lowest BCUT2D eigenvalue weighted by molar-refractivity contribution is 0.525. The van der Waals surface area contributed by atoms with Crippen LogP contribution in [-0.2, 0) is 6.42 Å². The van der Waals surface area contributed by atoms with E-state index >= 15 is 0 Å². The summed E-state index contributed by atoms with van der Waals surface area (Å²) < 4.78 is 0. The molecule has 0 bridgehead atoms. The van der Waals surface area contributed by atoms with Crippen LogP contribution < -0.4 is 0 Å². The first kappa shape index (κ1) is 25.3. The normalized spacial score (nSPS) is 11.2. The molecule has 0 aliphatic carbocycles. The van der Waals surface area contributed by atoms with Gasteiger partial charge in [-0.05, 0) is 24.8 Å². The van der Waals surface area contributed by atoms with E-state index in [1.54, 1.807) is 0 Å². The Bertz CT molecular complexity index is 394. The number of rotatable bonds is 21. The smallest absolute Gasteiger partial charge is 0.0248 e. The van der Waals surface area contributed by atoms with E-state index in [1.807, 2.05) is 0 Å². The van der Waals surface area contributed by atoms with Crippen molar-refractivity contribution >= 4 is 0 Å². The topological polar surface area (TPSA) is 0 Å². The van der Waals surface area contributed by atoms with E-state index in [0.29, 0.717) is 0 Å². The van der Waals surface area contributed by atoms with Gasteiger partial charge in [-0.2, -0.15) is 0 Å². The van der Waals surface area contributed by atoms with Crippen LogP contribution in [0.1, 0.15) is 134 Å². The average Bonchev–Trinajstić information content (AvgIpc) is 2.73. The Labute approximate surface area is 177 Å². The highest BCUT2D eigenvalue weighted by atomic mass is 14.0. The summed E-state index contributed by atoms with van der Waals surface area (Å²) in [5, 5.41) is 0. The third kappa shape index (κ3) is 17.3. The van der Waals surface area contributed by atoms with Crippen LogP contribution in [0.15, 0.2) is 30.3 Å². The second-order valence-corrected chi connectivity index (χ2v) is 8.78. The Morgan fingerprint density at radius 1 is 0.500 bits per heavy atom. The molecule has 0 N–H and O–H groups in total. The quantitative estimate of drug-likeness (QED) is 0.185. The van der Waals surface area contributed by atoms with E-state index in [2.05, 4.69) is 43.7 Å². The van der Waals surface area contributed by atoms with E-state index in [1.165, 1.54) is 128 Å². The Balaban J connectivity index is 1.67. The molecule has 28 heavy (non-hydrogen) atoms. The van der Waals surface area contributed by atoms with Gasteiger partial charge in [0.05, 0.1) is 0 Å². The van der Waals surface area contributed by atoms with E-state index in [4.69, 9.17) is 0 Å². The zero-order chi connectivity index (χ0) is 20.0. The van der Waals surface area contributed by atoms with Gasteiger partial charge in [0.1, 0.15) is 0 Å². The molecule has 0 heteroatoms. The summed E-state index contributed by atoms with van der Waals surface area (Å²) in [6.07, 6.45) is 31.1. The van der Waals surface area contributed by atoms with Crippen molar-refractivity contribution in [2.75, 3.05) is 0 Å². The van der Waals surface area contributed by atoms with Crippen molar-refractivity contribution in [2.45, 2.75) is 135 Å². The molecule has 0 saturated heterocycles. The SMILES string of the molecule is CCCCCCCCCCCCCCCCCCCC[CH]Cc1ccccc1. The number of hydrogen-bond donors (Lipinski definition) is 0. The van der Waals surface area contributed by atoms with Crippen LogP contribution in [0.3, 0.4) is 0 Å². The first-order valence-corrected chi connectivity index (χ1v) is 12.8. The van der Waals surface area contributed by atoms with Crippen molar-refractivity contribution in [1.29, 1.82) is 0 Å². The fourth-order valence-corrected chi connectivity index (χ4v) is 4.07. The van der Waals surface area contributed by atoms with Crippen LogP contribution >= 0.6 is 0 Å². The van der Waals surface area contributed by atoms with Gasteiger partial charge in [-0.1, -0.05) is 153 Å². The molecule has 0 spiro atoms. The van der Waals surface area contributed by atoms with Crippen molar-refractivity contribution in [3.05, 3.63) is 42.3 Å². The predicted octanol–water partition coefficient (Wildman–Crippen LogP) is 9.87. The monoisotopic (exact) mass is 385 g/mol. The highest BCUT2D eigenvalue weighted by Gasteiger charge is 1.96. The summed E-state index contributed by atoms with van der Waals surface area (Å²) >= 11 is 0. The van der Waals surface area contributed by atoms with Crippen molar-refractivity contribution < 1.29 is 0 Å². The minimum absolute atomic E-state index is 1.14. The van der Waals surface area contributed by atoms with Gasteiger partial charge in [0, 0.05) is 0 Å². The summed E-state index contributed by atoms with van der Waals surface area (Å²) in [6, 6.07) is 10.8. The lowest BCUT2D eigenvalue weighted by atomic mass is 10.0. The number of unbranched alkanes of at least 4 members (excludes halogenated alkanes) is 19. The average molecular weight is 386 g/mol. The second-order valence-electron chi connectivity index (χ2n) is 8.78. The molecule has 0 heterocycles. The van der Waals surface area contributed by atoms with Crippen molar-refractivity contribution in [2.24, 2.45) is 0 Å². The van der Waals surface area contributed by atoms with Crippen LogP contribution in [0.5, 0.6) is 0 Å². The van der Waals surface area contributed by atoms with E-state index in [9.17, 15) is 0 Å². The summed E-state index contributed by atoms with van der Waals surface area (Å²) in [6.45, 7) is 2.30. The lowest BCUT2D eigenvalue weighted by Crippen LogP contribution is -1.87. The summed E-state index contributed by atoms with van der Waals surface area (Å²) in [7, 11) is 0. The van der Waals surface area contributed by atoms with Crippen molar-refractivity contribution in [1.82, 2.24) is 0 Å². The zero-order valence-electron chi connectivity index (χ0n) is 19.1. The van der Waals surface area contributed by atoms with Gasteiger partial charge in [-0.15, -0.1) is 0 Å². The third-order valence-electron chi connectivity index (χ3n) is 5.98. The van der Waals surface area contributed by atoms with Gasteiger partial charge in [0.15, 0.2) is 0 Å². The summed E-state index contributed by atoms with van der Waals surface area (Å²) in [4.78, 5) is 0. The predicted molar refractivity (Wildman–Crippen MR) is 128 cm³/mol. The molecule has 1 aromatic carbocycles. The third-order valence-corrected chi connectivity index (χ3v) is 5.98. The van der Waals surface area contributed by atoms with Crippen LogP contribution in [0.4, 0.5) is 0 Å². The van der Waals surface area contributed by atoms with Gasteiger partial charge in [-0.25, -0.2) is 0 Å². The maximum absolute atomic E-state index is 2.46. The number of hydrogen-bond acceptors (Lipinski definition) is 0. The van der Waals surface area contributed by atoms with Crippen molar-refractivity contribution in [3.63, 3.8) is 0 Å². The minimum atomic E-state index is 1.14.